The molecule has 0 spiro atoms. The van der Waals surface area contributed by atoms with Crippen LogP contribution in [0.25, 0.3) is 0 Å². The first-order valence-corrected chi connectivity index (χ1v) is 16.5. The van der Waals surface area contributed by atoms with E-state index in [1.807, 2.05) is 0 Å². The summed E-state index contributed by atoms with van der Waals surface area (Å²) in [5.74, 6) is 0.671. The van der Waals surface area contributed by atoms with Gasteiger partial charge in [-0.15, -0.1) is 0 Å². The van der Waals surface area contributed by atoms with Crippen LogP contribution in [0.4, 0.5) is 0 Å². The summed E-state index contributed by atoms with van der Waals surface area (Å²) in [5, 5.41) is 9.73. The minimum absolute atomic E-state index is 0.0590. The lowest BCUT2D eigenvalue weighted by atomic mass is 9.93. The van der Waals surface area contributed by atoms with Gasteiger partial charge in [0.1, 0.15) is 0 Å². The van der Waals surface area contributed by atoms with Gasteiger partial charge in [0.2, 0.25) is 0 Å². The quantitative estimate of drug-likeness (QED) is 0.0804. The third-order valence-electron chi connectivity index (χ3n) is 7.87. The predicted octanol–water partition coefficient (Wildman–Crippen LogP) is 10.6. The molecule has 0 fully saturated rings. The molecule has 0 amide bonds. The highest BCUT2D eigenvalue weighted by Crippen LogP contribution is 2.22. The molecule has 3 heteroatoms. The van der Waals surface area contributed by atoms with Crippen molar-refractivity contribution in [3.8, 4) is 0 Å². The van der Waals surface area contributed by atoms with Crippen LogP contribution in [0.1, 0.15) is 181 Å². The summed E-state index contributed by atoms with van der Waals surface area (Å²) in [6.07, 6.45) is 31.0. The average molecular weight is 511 g/mol. The van der Waals surface area contributed by atoms with Gasteiger partial charge in [0.15, 0.2) is 0 Å². The molecule has 0 saturated heterocycles. The molecule has 0 aliphatic rings. The van der Waals surface area contributed by atoms with E-state index in [1.54, 1.807) is 0 Å². The molecule has 0 aliphatic carbocycles. The van der Waals surface area contributed by atoms with Gasteiger partial charge in [0, 0.05) is 6.61 Å². The van der Waals surface area contributed by atoms with Crippen LogP contribution in [-0.2, 0) is 9.53 Å². The molecule has 0 aromatic carbocycles. The van der Waals surface area contributed by atoms with Gasteiger partial charge in [-0.3, -0.25) is 4.79 Å². The van der Waals surface area contributed by atoms with Crippen molar-refractivity contribution in [3.63, 3.8) is 0 Å². The van der Waals surface area contributed by atoms with Gasteiger partial charge in [-0.1, -0.05) is 149 Å². The van der Waals surface area contributed by atoms with Crippen molar-refractivity contribution in [3.05, 3.63) is 0 Å². The minimum Gasteiger partial charge on any atom is -0.465 e. The van der Waals surface area contributed by atoms with Crippen LogP contribution in [0.15, 0.2) is 0 Å². The predicted molar refractivity (Wildman–Crippen MR) is 157 cm³/mol. The Balaban J connectivity index is 3.82. The van der Waals surface area contributed by atoms with Crippen LogP contribution >= 0.6 is 0 Å². The Kier molecular flexibility index (Phi) is 28.5. The van der Waals surface area contributed by atoms with Crippen molar-refractivity contribution in [2.45, 2.75) is 181 Å². The van der Waals surface area contributed by atoms with Crippen molar-refractivity contribution >= 4 is 5.97 Å². The van der Waals surface area contributed by atoms with Crippen LogP contribution in [-0.4, -0.2) is 24.3 Å². The number of carbonyl (C=O) groups is 1. The number of aliphatic hydroxyl groups excluding tert-OH is 1. The Labute approximate surface area is 226 Å². The summed E-state index contributed by atoms with van der Waals surface area (Å²) in [5.41, 5.74) is 0. The summed E-state index contributed by atoms with van der Waals surface area (Å²) in [6, 6.07) is 0. The Morgan fingerprint density at radius 2 is 0.917 bits per heavy atom. The second-order valence-electron chi connectivity index (χ2n) is 11.4. The van der Waals surface area contributed by atoms with Gasteiger partial charge in [0.25, 0.3) is 0 Å². The molecule has 0 rings (SSSR count). The van der Waals surface area contributed by atoms with E-state index in [-0.39, 0.29) is 11.9 Å². The molecule has 0 aromatic rings. The van der Waals surface area contributed by atoms with Crippen molar-refractivity contribution < 1.29 is 14.6 Å². The van der Waals surface area contributed by atoms with Gasteiger partial charge in [-0.05, 0) is 38.0 Å². The maximum atomic E-state index is 12.6. The van der Waals surface area contributed by atoms with E-state index in [1.165, 1.54) is 122 Å². The third-order valence-corrected chi connectivity index (χ3v) is 7.87. The van der Waals surface area contributed by atoms with Crippen molar-refractivity contribution in [1.29, 1.82) is 0 Å². The summed E-state index contributed by atoms with van der Waals surface area (Å²) >= 11 is 0. The number of unbranched alkanes of at least 4 members (excludes halogenated alkanes) is 17. The summed E-state index contributed by atoms with van der Waals surface area (Å²) < 4.78 is 5.65. The number of hydrogen-bond acceptors (Lipinski definition) is 3. The number of hydrogen-bond donors (Lipinski definition) is 1. The Bertz CT molecular complexity index is 437. The fourth-order valence-corrected chi connectivity index (χ4v) is 5.25. The molecule has 36 heavy (non-hydrogen) atoms. The van der Waals surface area contributed by atoms with E-state index in [9.17, 15) is 9.90 Å². The van der Waals surface area contributed by atoms with Crippen molar-refractivity contribution in [1.82, 2.24) is 0 Å². The number of aliphatic hydroxyl groups is 1. The van der Waals surface area contributed by atoms with Crippen LogP contribution in [0.5, 0.6) is 0 Å². The molecule has 0 bridgehead atoms. The normalized spacial score (nSPS) is 13.1. The Hall–Kier alpha value is -0.570. The van der Waals surface area contributed by atoms with Gasteiger partial charge >= 0.3 is 5.97 Å². The molecule has 0 saturated carbocycles. The smallest absolute Gasteiger partial charge is 0.308 e. The van der Waals surface area contributed by atoms with Crippen LogP contribution in [0.3, 0.4) is 0 Å². The van der Waals surface area contributed by atoms with Gasteiger partial charge in [-0.25, -0.2) is 0 Å². The lowest BCUT2D eigenvalue weighted by Crippen LogP contribution is -2.18. The highest BCUT2D eigenvalue weighted by Gasteiger charge is 2.19. The second-order valence-corrected chi connectivity index (χ2v) is 11.4. The standard InChI is InChI=1S/C33H66O3/c1-4-7-10-12-14-15-17-21-25-31(30-34)26-22-18-16-19-23-28-32(27-9-6-3)33(35)36-29-24-20-13-11-8-5-2/h31-32,34H,4-30H2,1-3H3. The Morgan fingerprint density at radius 1 is 0.528 bits per heavy atom. The van der Waals surface area contributed by atoms with E-state index in [0.29, 0.717) is 19.1 Å². The molecule has 3 nitrogen and oxygen atoms in total. The molecule has 0 aliphatic heterocycles. The monoisotopic (exact) mass is 511 g/mol. The van der Waals surface area contributed by atoms with E-state index in [2.05, 4.69) is 20.8 Å². The topological polar surface area (TPSA) is 46.5 Å². The third kappa shape index (κ3) is 23.8. The van der Waals surface area contributed by atoms with E-state index < -0.39 is 0 Å². The summed E-state index contributed by atoms with van der Waals surface area (Å²) in [7, 11) is 0. The molecule has 1 N–H and O–H groups in total. The van der Waals surface area contributed by atoms with Crippen LogP contribution in [0, 0.1) is 11.8 Å². The Morgan fingerprint density at radius 3 is 1.39 bits per heavy atom. The molecular formula is C33H66O3. The molecule has 0 radical (unpaired) electrons. The maximum Gasteiger partial charge on any atom is 0.308 e. The molecule has 2 unspecified atom stereocenters. The van der Waals surface area contributed by atoms with Gasteiger partial charge < -0.3 is 9.84 Å². The molecular weight excluding hydrogens is 444 g/mol. The zero-order chi connectivity index (χ0) is 26.5. The zero-order valence-electron chi connectivity index (χ0n) is 25.0. The van der Waals surface area contributed by atoms with E-state index in [4.69, 9.17) is 4.74 Å². The largest absolute Gasteiger partial charge is 0.465 e. The van der Waals surface area contributed by atoms with Crippen molar-refractivity contribution in [2.24, 2.45) is 11.8 Å². The van der Waals surface area contributed by atoms with Gasteiger partial charge in [0.05, 0.1) is 12.5 Å². The number of carbonyl (C=O) groups excluding carboxylic acids is 1. The van der Waals surface area contributed by atoms with E-state index in [0.717, 1.165) is 38.5 Å². The number of esters is 1. The van der Waals surface area contributed by atoms with Crippen LogP contribution < -0.4 is 0 Å². The number of ether oxygens (including phenoxy) is 1. The highest BCUT2D eigenvalue weighted by atomic mass is 16.5. The fourth-order valence-electron chi connectivity index (χ4n) is 5.25. The van der Waals surface area contributed by atoms with Crippen molar-refractivity contribution in [2.75, 3.05) is 13.2 Å². The highest BCUT2D eigenvalue weighted by molar-refractivity contribution is 5.72. The molecule has 216 valence electrons. The van der Waals surface area contributed by atoms with E-state index >= 15 is 0 Å². The fraction of sp³-hybridized carbons (Fsp3) is 0.970. The molecule has 0 heterocycles. The average Bonchev–Trinajstić information content (AvgIpc) is 2.89. The zero-order valence-corrected chi connectivity index (χ0v) is 25.0. The lowest BCUT2D eigenvalue weighted by molar-refractivity contribution is -0.149. The summed E-state index contributed by atoms with van der Waals surface area (Å²) in [6.45, 7) is 7.68. The first-order valence-electron chi connectivity index (χ1n) is 16.5. The molecule has 2 atom stereocenters. The maximum absolute atomic E-state index is 12.6. The lowest BCUT2D eigenvalue weighted by Gasteiger charge is -2.16. The van der Waals surface area contributed by atoms with Crippen LogP contribution in [0.2, 0.25) is 0 Å². The first kappa shape index (κ1) is 35.4. The van der Waals surface area contributed by atoms with Gasteiger partial charge in [-0.2, -0.15) is 0 Å². The minimum atomic E-state index is 0.0590. The number of rotatable bonds is 29. The molecule has 0 aromatic heterocycles. The SMILES string of the molecule is CCCCCCCCCCC(CO)CCCCCCCC(CCCC)C(=O)OCCCCCCCC. The summed E-state index contributed by atoms with van der Waals surface area (Å²) in [4.78, 5) is 12.6. The first-order chi connectivity index (χ1) is 17.7. The second kappa shape index (κ2) is 29.0.